The Morgan fingerprint density at radius 2 is 2.19 bits per heavy atom. The van der Waals surface area contributed by atoms with Gasteiger partial charge in [-0.2, -0.15) is 0 Å². The van der Waals surface area contributed by atoms with Gasteiger partial charge in [-0.25, -0.2) is 0 Å². The minimum absolute atomic E-state index is 0.409. The maximum Gasteiger partial charge on any atom is 0.324 e. The molecule has 2 atom stereocenters. The van der Waals surface area contributed by atoms with Gasteiger partial charge >= 0.3 is 5.97 Å². The summed E-state index contributed by atoms with van der Waals surface area (Å²) in [7, 11) is 1.99. The zero-order valence-electron chi connectivity index (χ0n) is 10.8. The Morgan fingerprint density at radius 3 is 2.56 bits per heavy atom. The van der Waals surface area contributed by atoms with Gasteiger partial charge in [0.25, 0.3) is 0 Å². The van der Waals surface area contributed by atoms with Crippen molar-refractivity contribution >= 4 is 5.97 Å². The Labute approximate surface area is 98.0 Å². The molecule has 0 aromatic carbocycles. The van der Waals surface area contributed by atoms with E-state index < -0.39 is 11.5 Å². The number of hydrogen-bond donors (Lipinski definition) is 2. The van der Waals surface area contributed by atoms with Gasteiger partial charge in [-0.15, -0.1) is 0 Å². The molecule has 0 amide bonds. The third-order valence-corrected chi connectivity index (χ3v) is 3.48. The molecule has 0 bridgehead atoms. The van der Waals surface area contributed by atoms with Crippen LogP contribution in [0.4, 0.5) is 0 Å². The van der Waals surface area contributed by atoms with E-state index in [1.165, 1.54) is 0 Å². The Morgan fingerprint density at radius 1 is 1.62 bits per heavy atom. The summed E-state index contributed by atoms with van der Waals surface area (Å²) >= 11 is 0. The van der Waals surface area contributed by atoms with Gasteiger partial charge < -0.3 is 10.0 Å². The summed E-state index contributed by atoms with van der Waals surface area (Å²) in [5, 5.41) is 12.6. The van der Waals surface area contributed by atoms with Gasteiger partial charge in [0, 0.05) is 18.6 Å². The van der Waals surface area contributed by atoms with Crippen LogP contribution in [0.1, 0.15) is 40.0 Å². The molecule has 2 N–H and O–H groups in total. The summed E-state index contributed by atoms with van der Waals surface area (Å²) in [6.07, 6.45) is 3.25. The van der Waals surface area contributed by atoms with Crippen molar-refractivity contribution in [3.05, 3.63) is 0 Å². The second-order valence-corrected chi connectivity index (χ2v) is 5.23. The minimum Gasteiger partial charge on any atom is -0.480 e. The summed E-state index contributed by atoms with van der Waals surface area (Å²) in [6.45, 7) is 6.58. The lowest BCUT2D eigenvalue weighted by molar-refractivity contribution is -0.145. The van der Waals surface area contributed by atoms with E-state index in [0.717, 1.165) is 19.3 Å². The first kappa shape index (κ1) is 13.5. The monoisotopic (exact) mass is 228 g/mol. The van der Waals surface area contributed by atoms with Gasteiger partial charge in [-0.05, 0) is 40.2 Å². The standard InChI is InChI=1S/C12H24N2O2/c1-5-9(2)14(4)8-12(3,11(15)16)13-10-6-7-10/h9-10,13H,5-8H2,1-4H3,(H,15,16). The first-order chi connectivity index (χ1) is 7.39. The molecule has 2 unspecified atom stereocenters. The van der Waals surface area contributed by atoms with Crippen LogP contribution in [0.25, 0.3) is 0 Å². The van der Waals surface area contributed by atoms with Crippen molar-refractivity contribution in [1.29, 1.82) is 0 Å². The molecule has 1 rings (SSSR count). The Bertz CT molecular complexity index is 253. The normalized spacial score (nSPS) is 21.8. The largest absolute Gasteiger partial charge is 0.480 e. The second-order valence-electron chi connectivity index (χ2n) is 5.23. The van der Waals surface area contributed by atoms with Crippen LogP contribution in [-0.4, -0.2) is 47.2 Å². The number of hydrogen-bond acceptors (Lipinski definition) is 3. The highest BCUT2D eigenvalue weighted by molar-refractivity contribution is 5.78. The number of carboxylic acid groups (broad SMARTS) is 1. The zero-order valence-corrected chi connectivity index (χ0v) is 10.8. The molecular formula is C12H24N2O2. The average molecular weight is 228 g/mol. The summed E-state index contributed by atoms with van der Waals surface area (Å²) in [5.74, 6) is -0.755. The molecule has 0 aliphatic heterocycles. The Balaban J connectivity index is 2.58. The quantitative estimate of drug-likeness (QED) is 0.690. The van der Waals surface area contributed by atoms with Gasteiger partial charge in [-0.1, -0.05) is 6.92 Å². The van der Waals surface area contributed by atoms with Gasteiger partial charge in [-0.3, -0.25) is 10.1 Å². The lowest BCUT2D eigenvalue weighted by Gasteiger charge is -2.34. The molecule has 0 spiro atoms. The third-order valence-electron chi connectivity index (χ3n) is 3.48. The second kappa shape index (κ2) is 5.15. The van der Waals surface area contributed by atoms with Crippen molar-refractivity contribution < 1.29 is 9.90 Å². The first-order valence-electron chi connectivity index (χ1n) is 6.10. The number of aliphatic carboxylic acids is 1. The molecule has 4 heteroatoms. The summed E-state index contributed by atoms with van der Waals surface area (Å²) < 4.78 is 0. The number of likely N-dealkylation sites (N-methyl/N-ethyl adjacent to an activating group) is 1. The van der Waals surface area contributed by atoms with E-state index in [9.17, 15) is 9.90 Å². The van der Waals surface area contributed by atoms with Gasteiger partial charge in [0.15, 0.2) is 0 Å². The van der Waals surface area contributed by atoms with Crippen LogP contribution in [-0.2, 0) is 4.79 Å². The Hall–Kier alpha value is -0.610. The fraction of sp³-hybridized carbons (Fsp3) is 0.917. The number of nitrogens with one attached hydrogen (secondary N) is 1. The highest BCUT2D eigenvalue weighted by atomic mass is 16.4. The molecule has 4 nitrogen and oxygen atoms in total. The van der Waals surface area contributed by atoms with Crippen molar-refractivity contribution in [2.75, 3.05) is 13.6 Å². The fourth-order valence-electron chi connectivity index (χ4n) is 1.82. The van der Waals surface area contributed by atoms with Crippen LogP contribution in [0.15, 0.2) is 0 Å². The predicted octanol–water partition coefficient (Wildman–Crippen LogP) is 1.31. The number of carboxylic acids is 1. The topological polar surface area (TPSA) is 52.6 Å². The highest BCUT2D eigenvalue weighted by Gasteiger charge is 2.39. The van der Waals surface area contributed by atoms with Crippen LogP contribution < -0.4 is 5.32 Å². The van der Waals surface area contributed by atoms with Crippen molar-refractivity contribution in [3.63, 3.8) is 0 Å². The van der Waals surface area contributed by atoms with Crippen molar-refractivity contribution in [1.82, 2.24) is 10.2 Å². The lowest BCUT2D eigenvalue weighted by Crippen LogP contribution is -2.58. The molecular weight excluding hydrogens is 204 g/mol. The van der Waals surface area contributed by atoms with E-state index in [1.807, 2.05) is 7.05 Å². The van der Waals surface area contributed by atoms with Crippen LogP contribution in [0.2, 0.25) is 0 Å². The number of rotatable bonds is 7. The summed E-state index contributed by atoms with van der Waals surface area (Å²) in [5.41, 5.74) is -0.820. The lowest BCUT2D eigenvalue weighted by atomic mass is 10.0. The molecule has 1 saturated carbocycles. The smallest absolute Gasteiger partial charge is 0.324 e. The van der Waals surface area contributed by atoms with Gasteiger partial charge in [0.1, 0.15) is 5.54 Å². The number of nitrogens with zero attached hydrogens (tertiary/aromatic N) is 1. The van der Waals surface area contributed by atoms with E-state index in [4.69, 9.17) is 0 Å². The highest BCUT2D eigenvalue weighted by Crippen LogP contribution is 2.23. The Kier molecular flexibility index (Phi) is 4.33. The summed E-state index contributed by atoms with van der Waals surface area (Å²) in [4.78, 5) is 13.5. The molecule has 1 aliphatic carbocycles. The average Bonchev–Trinajstić information content (AvgIpc) is 2.99. The molecule has 0 aromatic heterocycles. The van der Waals surface area contributed by atoms with Crippen molar-refractivity contribution in [2.24, 2.45) is 0 Å². The van der Waals surface area contributed by atoms with Crippen molar-refractivity contribution in [3.8, 4) is 0 Å². The van der Waals surface area contributed by atoms with Gasteiger partial charge in [0.2, 0.25) is 0 Å². The molecule has 0 radical (unpaired) electrons. The zero-order chi connectivity index (χ0) is 12.3. The molecule has 1 aliphatic rings. The minimum atomic E-state index is -0.820. The van der Waals surface area contributed by atoms with Crippen LogP contribution >= 0.6 is 0 Å². The molecule has 94 valence electrons. The van der Waals surface area contributed by atoms with E-state index >= 15 is 0 Å². The van der Waals surface area contributed by atoms with E-state index in [1.54, 1.807) is 6.92 Å². The molecule has 0 heterocycles. The van der Waals surface area contributed by atoms with E-state index in [2.05, 4.69) is 24.1 Å². The molecule has 16 heavy (non-hydrogen) atoms. The van der Waals surface area contributed by atoms with Crippen molar-refractivity contribution in [2.45, 2.75) is 57.7 Å². The molecule has 0 saturated heterocycles. The molecule has 0 aromatic rings. The predicted molar refractivity (Wildman–Crippen MR) is 64.6 cm³/mol. The molecule has 1 fully saturated rings. The first-order valence-corrected chi connectivity index (χ1v) is 6.10. The third kappa shape index (κ3) is 3.46. The summed E-state index contributed by atoms with van der Waals surface area (Å²) in [6, 6.07) is 0.825. The van der Waals surface area contributed by atoms with Crippen LogP contribution in [0, 0.1) is 0 Å². The fourth-order valence-corrected chi connectivity index (χ4v) is 1.82. The maximum atomic E-state index is 11.3. The van der Waals surface area contributed by atoms with Crippen LogP contribution in [0.3, 0.4) is 0 Å². The van der Waals surface area contributed by atoms with Gasteiger partial charge in [0.05, 0.1) is 0 Å². The SMILES string of the molecule is CCC(C)N(C)CC(C)(NC1CC1)C(=O)O. The maximum absolute atomic E-state index is 11.3. The number of carbonyl (C=O) groups is 1. The van der Waals surface area contributed by atoms with Crippen LogP contribution in [0.5, 0.6) is 0 Å². The van der Waals surface area contributed by atoms with E-state index in [0.29, 0.717) is 18.6 Å². The van der Waals surface area contributed by atoms with E-state index in [-0.39, 0.29) is 0 Å².